The highest BCUT2D eigenvalue weighted by atomic mass is 32.2. The van der Waals surface area contributed by atoms with Crippen LogP contribution in [0.3, 0.4) is 0 Å². The summed E-state index contributed by atoms with van der Waals surface area (Å²) in [6.45, 7) is 0. The van der Waals surface area contributed by atoms with E-state index in [1.54, 1.807) is 0 Å². The Bertz CT molecular complexity index is 677. The maximum Gasteiger partial charge on any atom is 0.325 e. The lowest BCUT2D eigenvalue weighted by atomic mass is 10.2. The van der Waals surface area contributed by atoms with E-state index in [4.69, 9.17) is 0 Å². The number of nitrogens with zero attached hydrogens (tertiary/aromatic N) is 3. The second kappa shape index (κ2) is 6.14. The van der Waals surface area contributed by atoms with E-state index in [0.717, 1.165) is 12.3 Å². The van der Waals surface area contributed by atoms with Gasteiger partial charge in [0, 0.05) is 17.7 Å². The summed E-state index contributed by atoms with van der Waals surface area (Å²) in [5.74, 6) is -0.232. The first-order valence-corrected chi connectivity index (χ1v) is 6.85. The van der Waals surface area contributed by atoms with Gasteiger partial charge in [0.25, 0.3) is 5.69 Å². The standard InChI is InChI=1S/C9H7N3O5S2/c1-19(15,16)17-11-9(10-6-18)7-3-2-4-8(5-7)12(13)14/h2-5H,1H3/b11-9+. The first kappa shape index (κ1) is 14.9. The van der Waals surface area contributed by atoms with Crippen LogP contribution in [0.4, 0.5) is 5.69 Å². The fraction of sp³-hybridized carbons (Fsp3) is 0.111. The molecule has 0 spiro atoms. The number of aliphatic imine (C=N–C) groups is 1. The predicted octanol–water partition coefficient (Wildman–Crippen LogP) is 1.34. The lowest BCUT2D eigenvalue weighted by Crippen LogP contribution is -2.03. The Morgan fingerprint density at radius 3 is 2.74 bits per heavy atom. The predicted molar refractivity (Wildman–Crippen MR) is 70.6 cm³/mol. The van der Waals surface area contributed by atoms with E-state index >= 15 is 0 Å². The summed E-state index contributed by atoms with van der Waals surface area (Å²) >= 11 is 4.38. The molecule has 0 bridgehead atoms. The van der Waals surface area contributed by atoms with Crippen molar-refractivity contribution in [3.05, 3.63) is 39.9 Å². The molecule has 10 heteroatoms. The molecule has 0 fully saturated rings. The number of hydrogen-bond acceptors (Lipinski definition) is 7. The van der Waals surface area contributed by atoms with E-state index in [2.05, 4.69) is 26.6 Å². The second-order valence-electron chi connectivity index (χ2n) is 3.20. The van der Waals surface area contributed by atoms with Crippen molar-refractivity contribution in [1.82, 2.24) is 0 Å². The highest BCUT2D eigenvalue weighted by Crippen LogP contribution is 2.14. The quantitative estimate of drug-likeness (QED) is 0.273. The van der Waals surface area contributed by atoms with Crippen molar-refractivity contribution in [2.45, 2.75) is 0 Å². The topological polar surface area (TPSA) is 111 Å². The monoisotopic (exact) mass is 301 g/mol. The maximum atomic E-state index is 10.8. The number of nitro groups is 1. The van der Waals surface area contributed by atoms with E-state index in [1.165, 1.54) is 18.2 Å². The maximum absolute atomic E-state index is 10.8. The lowest BCUT2D eigenvalue weighted by Gasteiger charge is -1.99. The molecule has 0 unspecified atom stereocenters. The van der Waals surface area contributed by atoms with Crippen LogP contribution in [0.5, 0.6) is 0 Å². The molecular weight excluding hydrogens is 294 g/mol. The Labute approximate surface area is 113 Å². The smallest absolute Gasteiger partial charge is 0.266 e. The zero-order valence-electron chi connectivity index (χ0n) is 9.51. The van der Waals surface area contributed by atoms with Gasteiger partial charge in [-0.3, -0.25) is 14.4 Å². The van der Waals surface area contributed by atoms with Gasteiger partial charge in [-0.05, 0) is 17.4 Å². The summed E-state index contributed by atoms with van der Waals surface area (Å²) in [6.07, 6.45) is 0.794. The normalized spacial score (nSPS) is 11.5. The number of benzene rings is 1. The van der Waals surface area contributed by atoms with Crippen molar-refractivity contribution in [2.24, 2.45) is 10.1 Å². The number of hydrogen-bond donors (Lipinski definition) is 0. The molecule has 19 heavy (non-hydrogen) atoms. The van der Waals surface area contributed by atoms with Gasteiger partial charge in [0.1, 0.15) is 0 Å². The van der Waals surface area contributed by atoms with Gasteiger partial charge < -0.3 is 0 Å². The van der Waals surface area contributed by atoms with Crippen LogP contribution in [0.1, 0.15) is 5.56 Å². The minimum absolute atomic E-state index is 0.176. The first-order chi connectivity index (χ1) is 8.83. The Kier molecular flexibility index (Phi) is 4.81. The van der Waals surface area contributed by atoms with Crippen molar-refractivity contribution in [3.8, 4) is 0 Å². The average Bonchev–Trinajstić information content (AvgIpc) is 2.33. The minimum Gasteiger partial charge on any atom is -0.266 e. The van der Waals surface area contributed by atoms with Gasteiger partial charge in [0.05, 0.1) is 16.3 Å². The molecular formula is C9H7N3O5S2. The van der Waals surface area contributed by atoms with Gasteiger partial charge in [-0.25, -0.2) is 0 Å². The highest BCUT2D eigenvalue weighted by Gasteiger charge is 2.11. The fourth-order valence-corrected chi connectivity index (χ4v) is 1.33. The summed E-state index contributed by atoms with van der Waals surface area (Å²) in [7, 11) is -3.82. The van der Waals surface area contributed by atoms with Crippen LogP contribution in [-0.4, -0.2) is 30.6 Å². The third-order valence-corrected chi connectivity index (χ3v) is 2.16. The molecule has 1 aromatic rings. The summed E-state index contributed by atoms with van der Waals surface area (Å²) in [4.78, 5) is 13.5. The minimum atomic E-state index is -3.82. The molecule has 0 N–H and O–H groups in total. The SMILES string of the molecule is CS(=O)(=O)O/N=C(/N=C=S)c1cccc([N+](=O)[O-])c1. The molecule has 1 aromatic carbocycles. The van der Waals surface area contributed by atoms with Gasteiger partial charge in [-0.15, -0.1) is 0 Å². The number of oxime groups is 1. The van der Waals surface area contributed by atoms with Gasteiger partial charge in [-0.2, -0.15) is 13.4 Å². The van der Waals surface area contributed by atoms with Crippen molar-refractivity contribution < 1.29 is 17.6 Å². The zero-order chi connectivity index (χ0) is 14.5. The number of isothiocyanates is 1. The molecule has 100 valence electrons. The molecule has 0 amide bonds. The Balaban J connectivity index is 3.23. The number of thiocarbonyl (C=S) groups is 1. The molecule has 0 aliphatic carbocycles. The summed E-state index contributed by atoms with van der Waals surface area (Å²) in [5.41, 5.74) is -0.0284. The van der Waals surface area contributed by atoms with Crippen LogP contribution in [0.15, 0.2) is 34.4 Å². The summed E-state index contributed by atoms with van der Waals surface area (Å²) in [6, 6.07) is 5.25. The fourth-order valence-electron chi connectivity index (χ4n) is 1.04. The van der Waals surface area contributed by atoms with E-state index < -0.39 is 15.0 Å². The third-order valence-electron chi connectivity index (χ3n) is 1.73. The molecule has 0 heterocycles. The molecule has 0 saturated carbocycles. The Hall–Kier alpha value is -2.16. The van der Waals surface area contributed by atoms with E-state index in [1.807, 2.05) is 5.16 Å². The van der Waals surface area contributed by atoms with E-state index in [-0.39, 0.29) is 17.1 Å². The van der Waals surface area contributed by atoms with Gasteiger partial charge in [0.15, 0.2) is 0 Å². The molecule has 0 aromatic heterocycles. The third kappa shape index (κ3) is 4.92. The van der Waals surface area contributed by atoms with Crippen LogP contribution in [0, 0.1) is 10.1 Å². The highest BCUT2D eigenvalue weighted by molar-refractivity contribution is 7.85. The zero-order valence-corrected chi connectivity index (χ0v) is 11.1. The van der Waals surface area contributed by atoms with Crippen LogP contribution in [0.25, 0.3) is 0 Å². The second-order valence-corrected chi connectivity index (χ2v) is 4.94. The molecule has 0 aliphatic rings. The van der Waals surface area contributed by atoms with Crippen LogP contribution in [0.2, 0.25) is 0 Å². The molecule has 0 atom stereocenters. The average molecular weight is 301 g/mol. The van der Waals surface area contributed by atoms with E-state index in [0.29, 0.717) is 0 Å². The molecule has 0 saturated heterocycles. The first-order valence-electron chi connectivity index (χ1n) is 4.63. The lowest BCUT2D eigenvalue weighted by molar-refractivity contribution is -0.384. The van der Waals surface area contributed by atoms with Gasteiger partial charge >= 0.3 is 10.1 Å². The Morgan fingerprint density at radius 2 is 2.21 bits per heavy atom. The van der Waals surface area contributed by atoms with Crippen LogP contribution < -0.4 is 0 Å². The number of non-ortho nitro benzene ring substituents is 1. The van der Waals surface area contributed by atoms with Crippen molar-refractivity contribution >= 4 is 39.0 Å². The molecule has 8 nitrogen and oxygen atoms in total. The largest absolute Gasteiger partial charge is 0.325 e. The van der Waals surface area contributed by atoms with Crippen LogP contribution >= 0.6 is 12.2 Å². The number of nitro benzene ring substituents is 1. The Morgan fingerprint density at radius 1 is 1.53 bits per heavy atom. The van der Waals surface area contributed by atoms with Gasteiger partial charge in [0.2, 0.25) is 5.84 Å². The van der Waals surface area contributed by atoms with E-state index in [9.17, 15) is 18.5 Å². The number of amidine groups is 1. The van der Waals surface area contributed by atoms with Crippen molar-refractivity contribution in [1.29, 1.82) is 0 Å². The molecule has 0 radical (unpaired) electrons. The summed E-state index contributed by atoms with van der Waals surface area (Å²) in [5, 5.41) is 15.9. The number of rotatable bonds is 4. The molecule has 1 rings (SSSR count). The molecule has 0 aliphatic heterocycles. The van der Waals surface area contributed by atoms with Crippen molar-refractivity contribution in [2.75, 3.05) is 6.26 Å². The van der Waals surface area contributed by atoms with Crippen molar-refractivity contribution in [3.63, 3.8) is 0 Å². The van der Waals surface area contributed by atoms with Gasteiger partial charge in [-0.1, -0.05) is 12.1 Å². The summed E-state index contributed by atoms with van der Waals surface area (Å²) < 4.78 is 25.9. The van der Waals surface area contributed by atoms with Crippen LogP contribution in [-0.2, 0) is 14.4 Å².